The average Bonchev–Trinajstić information content (AvgIpc) is 2.48. The highest BCUT2D eigenvalue weighted by Crippen LogP contribution is 2.24. The van der Waals surface area contributed by atoms with Crippen LogP contribution in [0, 0.1) is 5.92 Å². The number of nitrogens with zero attached hydrogens (tertiary/aromatic N) is 1. The van der Waals surface area contributed by atoms with Crippen LogP contribution < -0.4 is 5.32 Å². The first-order valence-corrected chi connectivity index (χ1v) is 7.34. The van der Waals surface area contributed by atoms with E-state index in [1.807, 2.05) is 30.3 Å². The van der Waals surface area contributed by atoms with Crippen LogP contribution in [-0.4, -0.2) is 35.1 Å². The lowest BCUT2D eigenvalue weighted by molar-refractivity contribution is -0.142. The number of benzene rings is 1. The Morgan fingerprint density at radius 1 is 1.19 bits per heavy atom. The predicted octanol–water partition coefficient (Wildman–Crippen LogP) is 2.47. The SMILES string of the molecule is CN(Cc1ccccc1)C(=O)NC1CCC(C(=O)O)CC1. The summed E-state index contributed by atoms with van der Waals surface area (Å²) in [6, 6.07) is 9.82. The molecule has 5 nitrogen and oxygen atoms in total. The minimum absolute atomic E-state index is 0.0892. The molecule has 2 N–H and O–H groups in total. The molecule has 0 spiro atoms. The van der Waals surface area contributed by atoms with Crippen molar-refractivity contribution in [3.8, 4) is 0 Å². The summed E-state index contributed by atoms with van der Waals surface area (Å²) in [5.41, 5.74) is 1.09. The first-order chi connectivity index (χ1) is 10.1. The van der Waals surface area contributed by atoms with Crippen molar-refractivity contribution in [3.05, 3.63) is 35.9 Å². The van der Waals surface area contributed by atoms with E-state index in [0.717, 1.165) is 18.4 Å². The van der Waals surface area contributed by atoms with Crippen molar-refractivity contribution in [2.24, 2.45) is 5.92 Å². The van der Waals surface area contributed by atoms with E-state index >= 15 is 0 Å². The second-order valence-electron chi connectivity index (χ2n) is 5.68. The number of carbonyl (C=O) groups is 2. The second kappa shape index (κ2) is 7.11. The van der Waals surface area contributed by atoms with Crippen molar-refractivity contribution in [2.75, 3.05) is 7.05 Å². The van der Waals surface area contributed by atoms with Crippen molar-refractivity contribution in [1.82, 2.24) is 10.2 Å². The zero-order valence-electron chi connectivity index (χ0n) is 12.3. The minimum atomic E-state index is -0.721. The van der Waals surface area contributed by atoms with Crippen LogP contribution in [0.1, 0.15) is 31.2 Å². The molecule has 2 rings (SSSR count). The number of carboxylic acid groups (broad SMARTS) is 1. The summed E-state index contributed by atoms with van der Waals surface area (Å²) in [7, 11) is 1.77. The maximum absolute atomic E-state index is 12.1. The Morgan fingerprint density at radius 2 is 1.81 bits per heavy atom. The number of aliphatic carboxylic acids is 1. The maximum atomic E-state index is 12.1. The van der Waals surface area contributed by atoms with Gasteiger partial charge in [0.1, 0.15) is 0 Å². The van der Waals surface area contributed by atoms with Gasteiger partial charge in [0.25, 0.3) is 0 Å². The number of urea groups is 1. The molecule has 1 aliphatic rings. The van der Waals surface area contributed by atoms with Gasteiger partial charge >= 0.3 is 12.0 Å². The molecule has 1 fully saturated rings. The monoisotopic (exact) mass is 290 g/mol. The highest BCUT2D eigenvalue weighted by atomic mass is 16.4. The molecule has 0 saturated heterocycles. The number of carboxylic acids is 1. The number of nitrogens with one attached hydrogen (secondary N) is 1. The zero-order valence-corrected chi connectivity index (χ0v) is 12.3. The van der Waals surface area contributed by atoms with E-state index in [4.69, 9.17) is 5.11 Å². The van der Waals surface area contributed by atoms with E-state index in [-0.39, 0.29) is 18.0 Å². The third kappa shape index (κ3) is 4.48. The van der Waals surface area contributed by atoms with Crippen molar-refractivity contribution in [2.45, 2.75) is 38.3 Å². The van der Waals surface area contributed by atoms with Crippen LogP contribution in [0.25, 0.3) is 0 Å². The second-order valence-corrected chi connectivity index (χ2v) is 5.68. The molecule has 0 bridgehead atoms. The molecule has 21 heavy (non-hydrogen) atoms. The number of hydrogen-bond donors (Lipinski definition) is 2. The number of hydrogen-bond acceptors (Lipinski definition) is 2. The molecule has 5 heteroatoms. The lowest BCUT2D eigenvalue weighted by atomic mass is 9.86. The zero-order chi connectivity index (χ0) is 15.2. The fourth-order valence-corrected chi connectivity index (χ4v) is 2.70. The molecule has 1 aliphatic carbocycles. The van der Waals surface area contributed by atoms with Crippen molar-refractivity contribution in [1.29, 1.82) is 0 Å². The highest BCUT2D eigenvalue weighted by molar-refractivity contribution is 5.74. The van der Waals surface area contributed by atoms with E-state index in [0.29, 0.717) is 19.4 Å². The van der Waals surface area contributed by atoms with Gasteiger partial charge in [0.05, 0.1) is 5.92 Å². The largest absolute Gasteiger partial charge is 0.481 e. The van der Waals surface area contributed by atoms with Gasteiger partial charge in [-0.3, -0.25) is 4.79 Å². The fraction of sp³-hybridized carbons (Fsp3) is 0.500. The Kier molecular flexibility index (Phi) is 5.20. The van der Waals surface area contributed by atoms with E-state index in [2.05, 4.69) is 5.32 Å². The Bertz CT molecular complexity index is 482. The molecular formula is C16H22N2O3. The van der Waals surface area contributed by atoms with Crippen molar-refractivity contribution in [3.63, 3.8) is 0 Å². The molecule has 114 valence electrons. The fourth-order valence-electron chi connectivity index (χ4n) is 2.70. The first-order valence-electron chi connectivity index (χ1n) is 7.34. The van der Waals surface area contributed by atoms with Gasteiger partial charge < -0.3 is 15.3 Å². The summed E-state index contributed by atoms with van der Waals surface area (Å²) in [5.74, 6) is -0.971. The molecule has 0 radical (unpaired) electrons. The van der Waals surface area contributed by atoms with E-state index < -0.39 is 5.97 Å². The molecule has 1 aromatic rings. The molecule has 0 unspecified atom stereocenters. The highest BCUT2D eigenvalue weighted by Gasteiger charge is 2.27. The maximum Gasteiger partial charge on any atom is 0.317 e. The summed E-state index contributed by atoms with van der Waals surface area (Å²) < 4.78 is 0. The Balaban J connectivity index is 1.78. The van der Waals surface area contributed by atoms with Crippen LogP contribution in [0.15, 0.2) is 30.3 Å². The van der Waals surface area contributed by atoms with Gasteiger partial charge in [0, 0.05) is 19.6 Å². The first kappa shape index (κ1) is 15.4. The molecular weight excluding hydrogens is 268 g/mol. The standard InChI is InChI=1S/C16H22N2O3/c1-18(11-12-5-3-2-4-6-12)16(21)17-14-9-7-13(8-10-14)15(19)20/h2-6,13-14H,7-11H2,1H3,(H,17,21)(H,19,20). The predicted molar refractivity (Wildman–Crippen MR) is 79.8 cm³/mol. The van der Waals surface area contributed by atoms with Crippen LogP contribution >= 0.6 is 0 Å². The summed E-state index contributed by atoms with van der Waals surface area (Å²) in [6.45, 7) is 0.567. The van der Waals surface area contributed by atoms with Gasteiger partial charge in [0.2, 0.25) is 0 Å². The Hall–Kier alpha value is -2.04. The molecule has 2 amide bonds. The van der Waals surface area contributed by atoms with E-state index in [1.54, 1.807) is 11.9 Å². The lowest BCUT2D eigenvalue weighted by Crippen LogP contribution is -2.44. The molecule has 0 atom stereocenters. The van der Waals surface area contributed by atoms with Crippen molar-refractivity contribution < 1.29 is 14.7 Å². The third-order valence-electron chi connectivity index (χ3n) is 4.01. The minimum Gasteiger partial charge on any atom is -0.481 e. The number of carbonyl (C=O) groups excluding carboxylic acids is 1. The Morgan fingerprint density at radius 3 is 2.38 bits per heavy atom. The summed E-state index contributed by atoms with van der Waals surface area (Å²) in [5, 5.41) is 12.0. The van der Waals surface area contributed by atoms with Crippen LogP contribution in [0.4, 0.5) is 4.79 Å². The number of rotatable bonds is 4. The van der Waals surface area contributed by atoms with Gasteiger partial charge in [-0.25, -0.2) is 4.79 Å². The van der Waals surface area contributed by atoms with Crippen LogP contribution in [0.2, 0.25) is 0 Å². The topological polar surface area (TPSA) is 69.6 Å². The van der Waals surface area contributed by atoms with Crippen LogP contribution in [-0.2, 0) is 11.3 Å². The lowest BCUT2D eigenvalue weighted by Gasteiger charge is -2.28. The van der Waals surface area contributed by atoms with Gasteiger partial charge in [0.15, 0.2) is 0 Å². The van der Waals surface area contributed by atoms with Crippen LogP contribution in [0.5, 0.6) is 0 Å². The third-order valence-corrected chi connectivity index (χ3v) is 4.01. The van der Waals surface area contributed by atoms with E-state index in [1.165, 1.54) is 0 Å². The number of amides is 2. The summed E-state index contributed by atoms with van der Waals surface area (Å²) in [4.78, 5) is 24.7. The molecule has 0 aliphatic heterocycles. The molecule has 0 heterocycles. The molecule has 1 aromatic carbocycles. The summed E-state index contributed by atoms with van der Waals surface area (Å²) in [6.07, 6.45) is 2.76. The molecule has 0 aromatic heterocycles. The van der Waals surface area contributed by atoms with Crippen LogP contribution in [0.3, 0.4) is 0 Å². The molecule has 1 saturated carbocycles. The van der Waals surface area contributed by atoms with Gasteiger partial charge in [-0.2, -0.15) is 0 Å². The Labute approximate surface area is 125 Å². The smallest absolute Gasteiger partial charge is 0.317 e. The van der Waals surface area contributed by atoms with Gasteiger partial charge in [-0.05, 0) is 31.2 Å². The van der Waals surface area contributed by atoms with Crippen molar-refractivity contribution >= 4 is 12.0 Å². The van der Waals surface area contributed by atoms with Gasteiger partial charge in [-0.15, -0.1) is 0 Å². The van der Waals surface area contributed by atoms with E-state index in [9.17, 15) is 9.59 Å². The average molecular weight is 290 g/mol. The van der Waals surface area contributed by atoms with Gasteiger partial charge in [-0.1, -0.05) is 30.3 Å². The quantitative estimate of drug-likeness (QED) is 0.895. The normalized spacial score (nSPS) is 21.6. The summed E-state index contributed by atoms with van der Waals surface area (Å²) >= 11 is 0.